The third kappa shape index (κ3) is 5.07. The Balaban J connectivity index is 1.50. The predicted molar refractivity (Wildman–Crippen MR) is 145 cm³/mol. The maximum Gasteiger partial charge on any atom is 0.182 e. The number of benzene rings is 2. The number of aliphatic hydroxyl groups excluding tert-OH is 1. The minimum atomic E-state index is -3.73. The van der Waals surface area contributed by atoms with Crippen LogP contribution in [0.25, 0.3) is 22.0 Å². The largest absolute Gasteiger partial charge is 0.497 e. The number of nitrogens with two attached hydrogens (primary N) is 1. The first-order chi connectivity index (χ1) is 18.3. The first-order valence-corrected chi connectivity index (χ1v) is 13.8. The van der Waals surface area contributed by atoms with Gasteiger partial charge in [-0.3, -0.25) is 0 Å². The molecule has 0 fully saturated rings. The third-order valence-electron chi connectivity index (χ3n) is 6.53. The summed E-state index contributed by atoms with van der Waals surface area (Å²) in [6.07, 6.45) is 3.10. The number of nitrogens with zero attached hydrogens (tertiary/aromatic N) is 4. The van der Waals surface area contributed by atoms with Crippen LogP contribution in [0.2, 0.25) is 0 Å². The molecule has 0 aliphatic carbocycles. The molecule has 4 aromatic rings. The van der Waals surface area contributed by atoms with Crippen molar-refractivity contribution in [3.63, 3.8) is 0 Å². The van der Waals surface area contributed by atoms with Gasteiger partial charge in [0.25, 0.3) is 0 Å². The average Bonchev–Trinajstić information content (AvgIpc) is 3.14. The van der Waals surface area contributed by atoms with E-state index in [2.05, 4.69) is 19.9 Å². The van der Waals surface area contributed by atoms with Gasteiger partial charge in [-0.15, -0.1) is 0 Å². The number of ether oxygens (including phenoxy) is 2. The Bertz CT molecular complexity index is 1590. The van der Waals surface area contributed by atoms with Crippen LogP contribution in [0, 0.1) is 5.92 Å². The van der Waals surface area contributed by atoms with E-state index in [1.807, 2.05) is 36.4 Å². The molecule has 2 aromatic heterocycles. The maximum absolute atomic E-state index is 13.0. The van der Waals surface area contributed by atoms with Crippen molar-refractivity contribution in [2.45, 2.75) is 18.4 Å². The zero-order chi connectivity index (χ0) is 26.9. The van der Waals surface area contributed by atoms with E-state index in [1.54, 1.807) is 32.6 Å². The summed E-state index contributed by atoms with van der Waals surface area (Å²) in [7, 11) is -2.11. The first kappa shape index (κ1) is 25.7. The second-order valence-corrected chi connectivity index (χ2v) is 11.4. The number of pyridine rings is 1. The van der Waals surface area contributed by atoms with E-state index >= 15 is 0 Å². The van der Waals surface area contributed by atoms with Crippen molar-refractivity contribution < 1.29 is 23.0 Å². The lowest BCUT2D eigenvalue weighted by atomic mass is 10.0. The Kier molecular flexibility index (Phi) is 7.04. The van der Waals surface area contributed by atoms with Crippen LogP contribution in [-0.2, 0) is 16.4 Å². The summed E-state index contributed by atoms with van der Waals surface area (Å²) in [4.78, 5) is 15.2. The first-order valence-electron chi connectivity index (χ1n) is 12.2. The van der Waals surface area contributed by atoms with Gasteiger partial charge >= 0.3 is 0 Å². The summed E-state index contributed by atoms with van der Waals surface area (Å²) in [5.41, 5.74) is 9.06. The molecule has 0 radical (unpaired) electrons. The van der Waals surface area contributed by atoms with Crippen molar-refractivity contribution in [3.8, 4) is 22.6 Å². The van der Waals surface area contributed by atoms with E-state index in [4.69, 9.17) is 15.2 Å². The Labute approximate surface area is 221 Å². The van der Waals surface area contributed by atoms with Crippen LogP contribution in [0.3, 0.4) is 0 Å². The molecule has 0 amide bonds. The maximum atomic E-state index is 13.0. The zero-order valence-corrected chi connectivity index (χ0v) is 22.0. The van der Waals surface area contributed by atoms with E-state index in [-0.39, 0.29) is 23.1 Å². The minimum Gasteiger partial charge on any atom is -0.497 e. The molecular formula is C27H29N5O5S. The molecule has 38 heavy (non-hydrogen) atoms. The van der Waals surface area contributed by atoms with Crippen LogP contribution >= 0.6 is 0 Å². The summed E-state index contributed by atoms with van der Waals surface area (Å²) in [5.74, 6) is 1.57. The highest BCUT2D eigenvalue weighted by Gasteiger charge is 2.24. The van der Waals surface area contributed by atoms with Gasteiger partial charge in [0.1, 0.15) is 41.0 Å². The Hall–Kier alpha value is -3.96. The fourth-order valence-corrected chi connectivity index (χ4v) is 6.25. The minimum absolute atomic E-state index is 0.0361. The van der Waals surface area contributed by atoms with Gasteiger partial charge in [-0.25, -0.2) is 23.4 Å². The normalized spacial score (nSPS) is 14.4. The van der Waals surface area contributed by atoms with Crippen LogP contribution in [0.4, 0.5) is 11.6 Å². The van der Waals surface area contributed by atoms with Crippen LogP contribution in [-0.4, -0.2) is 61.1 Å². The van der Waals surface area contributed by atoms with Crippen LogP contribution < -0.4 is 20.1 Å². The molecule has 2 aromatic carbocycles. The second kappa shape index (κ2) is 10.4. The lowest BCUT2D eigenvalue weighted by molar-refractivity contribution is 0.249. The molecule has 5 rings (SSSR count). The summed E-state index contributed by atoms with van der Waals surface area (Å²) in [5, 5.41) is 10.2. The van der Waals surface area contributed by atoms with E-state index in [0.29, 0.717) is 25.3 Å². The lowest BCUT2D eigenvalue weighted by Gasteiger charge is -2.22. The number of rotatable bonds is 7. The van der Waals surface area contributed by atoms with E-state index in [0.717, 1.165) is 39.3 Å². The quantitative estimate of drug-likeness (QED) is 0.363. The highest BCUT2D eigenvalue weighted by atomic mass is 32.2. The second-order valence-electron chi connectivity index (χ2n) is 9.35. The zero-order valence-electron chi connectivity index (χ0n) is 21.2. The summed E-state index contributed by atoms with van der Waals surface area (Å²) >= 11 is 0. The van der Waals surface area contributed by atoms with Crippen molar-refractivity contribution in [1.29, 1.82) is 0 Å². The van der Waals surface area contributed by atoms with Gasteiger partial charge < -0.3 is 25.2 Å². The van der Waals surface area contributed by atoms with Crippen molar-refractivity contribution >= 4 is 32.4 Å². The fraction of sp³-hybridized carbons (Fsp3) is 0.296. The number of fused-ring (bicyclic) bond motifs is 2. The molecular weight excluding hydrogens is 506 g/mol. The molecule has 0 saturated heterocycles. The van der Waals surface area contributed by atoms with E-state index in [1.165, 1.54) is 0 Å². The summed E-state index contributed by atoms with van der Waals surface area (Å²) in [6.45, 7) is 3.06. The third-order valence-corrected chi connectivity index (χ3v) is 8.53. The molecule has 1 aliphatic heterocycles. The standard InChI is InChI=1S/C27H29N5O5S/c1-17(14-33)15-38(34,35)25-10-19(12-29-26(25)28)18-3-6-24-20(9-18)13-32(7-8-37-24)27-22-5-4-21(36-2)11-23(22)30-16-31-27/h3-6,9-12,16-17,33H,7-8,13-15H2,1-2H3,(H2,28,29)/t17-/m0/s1. The Morgan fingerprint density at radius 2 is 1.97 bits per heavy atom. The molecule has 0 saturated carbocycles. The number of anilines is 2. The molecule has 3 N–H and O–H groups in total. The average molecular weight is 536 g/mol. The molecule has 11 heteroatoms. The molecule has 10 nitrogen and oxygen atoms in total. The van der Waals surface area contributed by atoms with Gasteiger partial charge in [-0.05, 0) is 41.8 Å². The molecule has 0 spiro atoms. The SMILES string of the molecule is COc1ccc2c(N3CCOc4ccc(-c5cnc(N)c(S(=O)(=O)C[C@@H](C)CO)c5)cc4C3)ncnc2c1. The van der Waals surface area contributed by atoms with Gasteiger partial charge in [-0.1, -0.05) is 13.0 Å². The van der Waals surface area contributed by atoms with Crippen molar-refractivity contribution in [2.24, 2.45) is 5.92 Å². The highest BCUT2D eigenvalue weighted by molar-refractivity contribution is 7.91. The smallest absolute Gasteiger partial charge is 0.182 e. The van der Waals surface area contributed by atoms with Crippen molar-refractivity contribution in [3.05, 3.63) is 60.6 Å². The Morgan fingerprint density at radius 1 is 1.13 bits per heavy atom. The summed E-state index contributed by atoms with van der Waals surface area (Å²) < 4.78 is 37.3. The summed E-state index contributed by atoms with van der Waals surface area (Å²) in [6, 6.07) is 13.0. The number of aromatic nitrogens is 3. The molecule has 0 bridgehead atoms. The van der Waals surface area contributed by atoms with E-state index < -0.39 is 15.8 Å². The van der Waals surface area contributed by atoms with Crippen LogP contribution in [0.1, 0.15) is 12.5 Å². The Morgan fingerprint density at radius 3 is 2.76 bits per heavy atom. The molecule has 1 atom stereocenters. The fourth-order valence-electron chi connectivity index (χ4n) is 4.54. The molecule has 3 heterocycles. The number of methoxy groups -OCH3 is 1. The topological polar surface area (TPSA) is 141 Å². The number of hydrogen-bond acceptors (Lipinski definition) is 10. The number of nitrogen functional groups attached to an aromatic ring is 1. The molecule has 1 aliphatic rings. The van der Waals surface area contributed by atoms with Crippen molar-refractivity contribution in [1.82, 2.24) is 15.0 Å². The number of sulfone groups is 1. The van der Waals surface area contributed by atoms with Crippen LogP contribution in [0.15, 0.2) is 59.9 Å². The van der Waals surface area contributed by atoms with Gasteiger partial charge in [0, 0.05) is 41.9 Å². The van der Waals surface area contributed by atoms with Gasteiger partial charge in [0.2, 0.25) is 0 Å². The van der Waals surface area contributed by atoms with Crippen molar-refractivity contribution in [2.75, 3.05) is 43.3 Å². The predicted octanol–water partition coefficient (Wildman–Crippen LogP) is 3.08. The monoisotopic (exact) mass is 535 g/mol. The molecule has 198 valence electrons. The van der Waals surface area contributed by atoms with Gasteiger partial charge in [0.05, 0.1) is 24.9 Å². The van der Waals surface area contributed by atoms with Crippen LogP contribution in [0.5, 0.6) is 11.5 Å². The highest BCUT2D eigenvalue weighted by Crippen LogP contribution is 2.34. The lowest BCUT2D eigenvalue weighted by Crippen LogP contribution is -2.26. The van der Waals surface area contributed by atoms with Gasteiger partial charge in [0.15, 0.2) is 9.84 Å². The number of hydrogen-bond donors (Lipinski definition) is 2. The van der Waals surface area contributed by atoms with E-state index in [9.17, 15) is 13.5 Å². The molecule has 0 unspecified atom stereocenters. The number of aliphatic hydroxyl groups is 1. The van der Waals surface area contributed by atoms with Gasteiger partial charge in [-0.2, -0.15) is 0 Å².